The number of ether oxygens (including phenoxy) is 2. The van der Waals surface area contributed by atoms with Crippen molar-refractivity contribution < 1.29 is 9.47 Å². The molecular weight excluding hydrogens is 270 g/mol. The van der Waals surface area contributed by atoms with Crippen LogP contribution >= 0.6 is 11.8 Å². The van der Waals surface area contributed by atoms with E-state index in [0.29, 0.717) is 24.5 Å². The molecule has 4 heteroatoms. The molecule has 114 valence electrons. The fourth-order valence-electron chi connectivity index (χ4n) is 1.84. The molecule has 1 N–H and O–H groups in total. The molecule has 0 aliphatic carbocycles. The Kier molecular flexibility index (Phi) is 8.74. The molecule has 0 aliphatic heterocycles. The van der Waals surface area contributed by atoms with Gasteiger partial charge in [0.1, 0.15) is 12.4 Å². The zero-order valence-electron chi connectivity index (χ0n) is 13.0. The van der Waals surface area contributed by atoms with Crippen molar-refractivity contribution in [1.29, 1.82) is 0 Å². The van der Waals surface area contributed by atoms with Gasteiger partial charge in [-0.15, -0.1) is 0 Å². The number of thioether (sulfide) groups is 1. The second kappa shape index (κ2) is 10.1. The van der Waals surface area contributed by atoms with Crippen LogP contribution in [-0.2, 0) is 4.74 Å². The van der Waals surface area contributed by atoms with Crippen molar-refractivity contribution in [2.75, 3.05) is 33.1 Å². The largest absolute Gasteiger partial charge is 0.491 e. The van der Waals surface area contributed by atoms with E-state index in [-0.39, 0.29) is 0 Å². The Morgan fingerprint density at radius 2 is 2.00 bits per heavy atom. The van der Waals surface area contributed by atoms with E-state index in [9.17, 15) is 0 Å². The van der Waals surface area contributed by atoms with E-state index < -0.39 is 0 Å². The number of rotatable bonds is 10. The molecule has 0 aromatic heterocycles. The number of hydrogen-bond donors (Lipinski definition) is 1. The number of benzene rings is 1. The molecule has 0 heterocycles. The van der Waals surface area contributed by atoms with E-state index in [1.54, 1.807) is 7.11 Å². The minimum absolute atomic E-state index is 0.313. The van der Waals surface area contributed by atoms with Gasteiger partial charge in [-0.2, -0.15) is 11.8 Å². The van der Waals surface area contributed by atoms with Gasteiger partial charge in [0.25, 0.3) is 0 Å². The molecule has 0 spiro atoms. The summed E-state index contributed by atoms with van der Waals surface area (Å²) < 4.78 is 10.9. The summed E-state index contributed by atoms with van der Waals surface area (Å²) >= 11 is 2.00. The van der Waals surface area contributed by atoms with E-state index in [1.807, 2.05) is 30.9 Å². The fraction of sp³-hybridized carbons (Fsp3) is 0.625. The Labute approximate surface area is 127 Å². The van der Waals surface area contributed by atoms with E-state index in [1.165, 1.54) is 12.0 Å². The summed E-state index contributed by atoms with van der Waals surface area (Å²) in [7, 11) is 3.70. The molecule has 3 nitrogen and oxygen atoms in total. The van der Waals surface area contributed by atoms with Gasteiger partial charge in [-0.3, -0.25) is 0 Å². The van der Waals surface area contributed by atoms with Gasteiger partial charge in [-0.25, -0.2) is 0 Å². The monoisotopic (exact) mass is 297 g/mol. The molecule has 0 fully saturated rings. The normalized spacial score (nSPS) is 14.0. The van der Waals surface area contributed by atoms with Crippen LogP contribution in [0.25, 0.3) is 0 Å². The zero-order chi connectivity index (χ0) is 14.8. The molecule has 0 amide bonds. The van der Waals surface area contributed by atoms with Gasteiger partial charge in [0.05, 0.1) is 6.61 Å². The molecular formula is C16H27NO2S. The minimum Gasteiger partial charge on any atom is -0.491 e. The van der Waals surface area contributed by atoms with Crippen molar-refractivity contribution >= 4 is 11.8 Å². The van der Waals surface area contributed by atoms with E-state index >= 15 is 0 Å². The number of nitrogens with one attached hydrogen (secondary N) is 1. The van der Waals surface area contributed by atoms with Crippen molar-refractivity contribution in [1.82, 2.24) is 5.32 Å². The zero-order valence-corrected chi connectivity index (χ0v) is 13.8. The Morgan fingerprint density at radius 1 is 1.25 bits per heavy atom. The number of hydrogen-bond acceptors (Lipinski definition) is 4. The van der Waals surface area contributed by atoms with Gasteiger partial charge >= 0.3 is 0 Å². The predicted molar refractivity (Wildman–Crippen MR) is 87.8 cm³/mol. The first-order valence-corrected chi connectivity index (χ1v) is 8.27. The summed E-state index contributed by atoms with van der Waals surface area (Å²) in [6.45, 7) is 5.70. The topological polar surface area (TPSA) is 30.5 Å². The van der Waals surface area contributed by atoms with Crippen LogP contribution in [0.3, 0.4) is 0 Å². The third-order valence-corrected chi connectivity index (χ3v) is 4.74. The second-order valence-corrected chi connectivity index (χ2v) is 6.24. The molecule has 0 aliphatic rings. The van der Waals surface area contributed by atoms with E-state index in [2.05, 4.69) is 31.3 Å². The smallest absolute Gasteiger partial charge is 0.124 e. The number of methoxy groups -OCH3 is 1. The summed E-state index contributed by atoms with van der Waals surface area (Å²) in [5.41, 5.74) is 1.22. The molecule has 0 saturated carbocycles. The SMILES string of the molecule is CCC(C)SCC(NC)c1ccccc1OCCOC. The van der Waals surface area contributed by atoms with Crippen LogP contribution in [0, 0.1) is 0 Å². The minimum atomic E-state index is 0.313. The summed E-state index contributed by atoms with van der Waals surface area (Å²) in [4.78, 5) is 0. The highest BCUT2D eigenvalue weighted by Gasteiger charge is 2.15. The Bertz CT molecular complexity index is 373. The van der Waals surface area contributed by atoms with Crippen LogP contribution in [0.5, 0.6) is 5.75 Å². The summed E-state index contributed by atoms with van der Waals surface area (Å²) in [5.74, 6) is 2.00. The van der Waals surface area contributed by atoms with Crippen molar-refractivity contribution in [3.05, 3.63) is 29.8 Å². The van der Waals surface area contributed by atoms with E-state index in [4.69, 9.17) is 9.47 Å². The third kappa shape index (κ3) is 5.73. The maximum atomic E-state index is 5.82. The molecule has 0 bridgehead atoms. The third-order valence-electron chi connectivity index (χ3n) is 3.31. The van der Waals surface area contributed by atoms with Gasteiger partial charge in [0.15, 0.2) is 0 Å². The summed E-state index contributed by atoms with van der Waals surface area (Å²) in [6, 6.07) is 8.56. The van der Waals surface area contributed by atoms with E-state index in [0.717, 1.165) is 11.5 Å². The van der Waals surface area contributed by atoms with Gasteiger partial charge in [-0.05, 0) is 19.5 Å². The molecule has 1 aromatic rings. The quantitative estimate of drug-likeness (QED) is 0.670. The van der Waals surface area contributed by atoms with Crippen molar-refractivity contribution in [2.24, 2.45) is 0 Å². The highest BCUT2D eigenvalue weighted by molar-refractivity contribution is 7.99. The molecule has 1 rings (SSSR count). The summed E-state index contributed by atoms with van der Waals surface area (Å²) in [6.07, 6.45) is 1.20. The molecule has 20 heavy (non-hydrogen) atoms. The van der Waals surface area contributed by atoms with Gasteiger partial charge < -0.3 is 14.8 Å². The molecule has 1 aromatic carbocycles. The number of para-hydroxylation sites is 1. The van der Waals surface area contributed by atoms with Crippen LogP contribution in [0.2, 0.25) is 0 Å². The molecule has 0 radical (unpaired) electrons. The lowest BCUT2D eigenvalue weighted by Crippen LogP contribution is -2.21. The van der Waals surface area contributed by atoms with Gasteiger partial charge in [0, 0.05) is 29.7 Å². The highest BCUT2D eigenvalue weighted by Crippen LogP contribution is 2.29. The average Bonchev–Trinajstić information content (AvgIpc) is 2.49. The van der Waals surface area contributed by atoms with Crippen LogP contribution in [-0.4, -0.2) is 38.4 Å². The van der Waals surface area contributed by atoms with Crippen molar-refractivity contribution in [2.45, 2.75) is 31.6 Å². The first-order valence-electron chi connectivity index (χ1n) is 7.22. The fourth-order valence-corrected chi connectivity index (χ4v) is 2.94. The first kappa shape index (κ1) is 17.3. The van der Waals surface area contributed by atoms with Crippen LogP contribution < -0.4 is 10.1 Å². The second-order valence-electron chi connectivity index (χ2n) is 4.77. The maximum Gasteiger partial charge on any atom is 0.124 e. The summed E-state index contributed by atoms with van der Waals surface area (Å²) in [5, 5.41) is 4.08. The Morgan fingerprint density at radius 3 is 2.65 bits per heavy atom. The molecule has 2 unspecified atom stereocenters. The first-order chi connectivity index (χ1) is 9.72. The maximum absolute atomic E-state index is 5.82. The lowest BCUT2D eigenvalue weighted by atomic mass is 10.1. The van der Waals surface area contributed by atoms with Crippen molar-refractivity contribution in [3.8, 4) is 5.75 Å². The van der Waals surface area contributed by atoms with Crippen LogP contribution in [0.1, 0.15) is 31.9 Å². The van der Waals surface area contributed by atoms with Crippen LogP contribution in [0.4, 0.5) is 0 Å². The average molecular weight is 297 g/mol. The highest BCUT2D eigenvalue weighted by atomic mass is 32.2. The Balaban J connectivity index is 2.69. The van der Waals surface area contributed by atoms with Gasteiger partial charge in [0.2, 0.25) is 0 Å². The molecule has 2 atom stereocenters. The Hall–Kier alpha value is -0.710. The van der Waals surface area contributed by atoms with Crippen LogP contribution in [0.15, 0.2) is 24.3 Å². The van der Waals surface area contributed by atoms with Crippen molar-refractivity contribution in [3.63, 3.8) is 0 Å². The lowest BCUT2D eigenvalue weighted by molar-refractivity contribution is 0.145. The standard InChI is InChI=1S/C16H27NO2S/c1-5-13(2)20-12-15(17-3)14-8-6-7-9-16(14)19-11-10-18-4/h6-9,13,15,17H,5,10-12H2,1-4H3. The lowest BCUT2D eigenvalue weighted by Gasteiger charge is -2.21. The van der Waals surface area contributed by atoms with Gasteiger partial charge in [-0.1, -0.05) is 32.0 Å². The predicted octanol–water partition coefficient (Wildman–Crippen LogP) is 3.50. The molecule has 0 saturated heterocycles.